The second kappa shape index (κ2) is 9.33. The van der Waals surface area contributed by atoms with Crippen LogP contribution in [0, 0.1) is 21.4 Å². The molecule has 33 heavy (non-hydrogen) atoms. The minimum absolute atomic E-state index is 0.115. The van der Waals surface area contributed by atoms with Gasteiger partial charge in [-0.25, -0.2) is 9.78 Å². The number of hydrogen-bond acceptors (Lipinski definition) is 9. The van der Waals surface area contributed by atoms with E-state index in [-0.39, 0.29) is 22.4 Å². The summed E-state index contributed by atoms with van der Waals surface area (Å²) in [6.07, 6.45) is 1.53. The minimum atomic E-state index is -0.622. The van der Waals surface area contributed by atoms with Crippen LogP contribution in [0.4, 0.5) is 11.4 Å². The number of nitro benzene ring substituents is 1. The molecule has 10 heteroatoms. The molecule has 0 bridgehead atoms. The molecule has 0 spiro atoms. The molecule has 4 aromatic rings. The van der Waals surface area contributed by atoms with E-state index in [4.69, 9.17) is 9.15 Å². The third-order valence-electron chi connectivity index (χ3n) is 4.61. The average molecular weight is 460 g/mol. The number of hydrogen-bond donors (Lipinski definition) is 1. The van der Waals surface area contributed by atoms with Crippen molar-refractivity contribution in [1.82, 2.24) is 4.98 Å². The first-order chi connectivity index (χ1) is 16.0. The van der Waals surface area contributed by atoms with Crippen LogP contribution in [0.1, 0.15) is 11.9 Å². The maximum atomic E-state index is 12.4. The number of benzene rings is 2. The number of rotatable bonds is 7. The van der Waals surface area contributed by atoms with Crippen LogP contribution in [0.5, 0.6) is 5.75 Å². The van der Waals surface area contributed by atoms with Gasteiger partial charge in [0.15, 0.2) is 0 Å². The lowest BCUT2D eigenvalue weighted by molar-refractivity contribution is -0.384. The number of thiazole rings is 1. The normalized spacial score (nSPS) is 11.2. The van der Waals surface area contributed by atoms with Crippen LogP contribution in [0.25, 0.3) is 27.8 Å². The molecule has 0 unspecified atom stereocenters. The third kappa shape index (κ3) is 4.73. The van der Waals surface area contributed by atoms with E-state index in [0.717, 1.165) is 11.4 Å². The SMILES string of the molecule is CCOc1ccc(NC=C(C#N)c2nc(-c3cc4cc([N+](=O)[O-])ccc4oc3=O)cs2)cc1. The summed E-state index contributed by atoms with van der Waals surface area (Å²) >= 11 is 1.19. The molecule has 1 N–H and O–H groups in total. The lowest BCUT2D eigenvalue weighted by atomic mass is 10.1. The molecule has 0 fully saturated rings. The van der Waals surface area contributed by atoms with Crippen molar-refractivity contribution >= 4 is 39.3 Å². The molecule has 2 heterocycles. The van der Waals surface area contributed by atoms with Crippen molar-refractivity contribution in [3.8, 4) is 23.1 Å². The molecule has 0 atom stereocenters. The van der Waals surface area contributed by atoms with Gasteiger partial charge in [-0.05, 0) is 43.3 Å². The highest BCUT2D eigenvalue weighted by molar-refractivity contribution is 7.11. The fourth-order valence-corrected chi connectivity index (χ4v) is 3.82. The van der Waals surface area contributed by atoms with E-state index < -0.39 is 10.5 Å². The lowest BCUT2D eigenvalue weighted by Crippen LogP contribution is -2.03. The maximum absolute atomic E-state index is 12.4. The van der Waals surface area contributed by atoms with Gasteiger partial charge in [-0.15, -0.1) is 11.3 Å². The quantitative estimate of drug-likeness (QED) is 0.172. The van der Waals surface area contributed by atoms with Crippen LogP contribution in [-0.4, -0.2) is 16.5 Å². The zero-order valence-electron chi connectivity index (χ0n) is 17.3. The van der Waals surface area contributed by atoms with Crippen LogP contribution in [0.2, 0.25) is 0 Å². The number of allylic oxidation sites excluding steroid dienone is 1. The average Bonchev–Trinajstić information content (AvgIpc) is 3.29. The highest BCUT2D eigenvalue weighted by Gasteiger charge is 2.15. The fraction of sp³-hybridized carbons (Fsp3) is 0.0870. The highest BCUT2D eigenvalue weighted by atomic mass is 32.1. The molecule has 164 valence electrons. The summed E-state index contributed by atoms with van der Waals surface area (Å²) in [6, 6.07) is 14.9. The molecule has 2 aromatic carbocycles. The number of nitriles is 1. The van der Waals surface area contributed by atoms with Crippen molar-refractivity contribution in [2.75, 3.05) is 11.9 Å². The predicted octanol–water partition coefficient (Wildman–Crippen LogP) is 5.20. The van der Waals surface area contributed by atoms with Crippen molar-refractivity contribution in [1.29, 1.82) is 5.26 Å². The van der Waals surface area contributed by atoms with Crippen molar-refractivity contribution in [2.45, 2.75) is 6.92 Å². The van der Waals surface area contributed by atoms with Gasteiger partial charge in [0.25, 0.3) is 5.69 Å². The molecule has 0 amide bonds. The van der Waals surface area contributed by atoms with Gasteiger partial charge in [-0.1, -0.05) is 0 Å². The zero-order chi connectivity index (χ0) is 23.4. The Kier molecular flexibility index (Phi) is 6.15. The molecule has 9 nitrogen and oxygen atoms in total. The minimum Gasteiger partial charge on any atom is -0.494 e. The summed E-state index contributed by atoms with van der Waals surface area (Å²) in [7, 11) is 0. The molecule has 2 aromatic heterocycles. The first-order valence-electron chi connectivity index (χ1n) is 9.76. The van der Waals surface area contributed by atoms with Crippen LogP contribution >= 0.6 is 11.3 Å². The first-order valence-corrected chi connectivity index (χ1v) is 10.6. The Balaban J connectivity index is 1.62. The summed E-state index contributed by atoms with van der Waals surface area (Å²) in [6.45, 7) is 2.48. The summed E-state index contributed by atoms with van der Waals surface area (Å²) in [4.78, 5) is 27.4. The Morgan fingerprint density at radius 2 is 2.09 bits per heavy atom. The number of ether oxygens (including phenoxy) is 1. The van der Waals surface area contributed by atoms with E-state index in [1.54, 1.807) is 5.38 Å². The van der Waals surface area contributed by atoms with Crippen LogP contribution < -0.4 is 15.7 Å². The van der Waals surface area contributed by atoms with Crippen molar-refractivity contribution in [3.05, 3.63) is 85.7 Å². The van der Waals surface area contributed by atoms with Gasteiger partial charge >= 0.3 is 5.63 Å². The molecular weight excluding hydrogens is 444 g/mol. The topological polar surface area (TPSA) is 131 Å². The van der Waals surface area contributed by atoms with E-state index in [9.17, 15) is 20.2 Å². The van der Waals surface area contributed by atoms with E-state index in [0.29, 0.717) is 22.7 Å². The van der Waals surface area contributed by atoms with Gasteiger partial charge in [-0.2, -0.15) is 5.26 Å². The number of nitro groups is 1. The van der Waals surface area contributed by atoms with Crippen molar-refractivity contribution < 1.29 is 14.1 Å². The van der Waals surface area contributed by atoms with Gasteiger partial charge in [0.05, 0.1) is 22.8 Å². The predicted molar refractivity (Wildman–Crippen MR) is 125 cm³/mol. The zero-order valence-corrected chi connectivity index (χ0v) is 18.1. The summed E-state index contributed by atoms with van der Waals surface area (Å²) in [5.74, 6) is 0.747. The smallest absolute Gasteiger partial charge is 0.345 e. The fourth-order valence-electron chi connectivity index (χ4n) is 3.04. The molecule has 0 saturated heterocycles. The number of anilines is 1. The van der Waals surface area contributed by atoms with Crippen molar-refractivity contribution in [3.63, 3.8) is 0 Å². The first kappa shape index (κ1) is 21.7. The van der Waals surface area contributed by atoms with E-state index in [1.165, 1.54) is 41.8 Å². The second-order valence-corrected chi connectivity index (χ2v) is 7.59. The summed E-state index contributed by atoms with van der Waals surface area (Å²) < 4.78 is 10.7. The maximum Gasteiger partial charge on any atom is 0.345 e. The molecular formula is C23H16N4O5S. The van der Waals surface area contributed by atoms with Crippen LogP contribution in [0.15, 0.2) is 69.3 Å². The number of nitrogens with one attached hydrogen (secondary N) is 1. The lowest BCUT2D eigenvalue weighted by Gasteiger charge is -2.05. The molecule has 4 rings (SSSR count). The highest BCUT2D eigenvalue weighted by Crippen LogP contribution is 2.28. The molecule has 0 radical (unpaired) electrons. The molecule has 0 aliphatic heterocycles. The van der Waals surface area contributed by atoms with Gasteiger partial charge in [0.1, 0.15) is 28.0 Å². The Bertz CT molecular complexity index is 1460. The molecule has 0 aliphatic rings. The monoisotopic (exact) mass is 460 g/mol. The van der Waals surface area contributed by atoms with E-state index >= 15 is 0 Å². The van der Waals surface area contributed by atoms with Crippen molar-refractivity contribution in [2.24, 2.45) is 0 Å². The number of aromatic nitrogens is 1. The summed E-state index contributed by atoms with van der Waals surface area (Å²) in [5, 5.41) is 26.1. The van der Waals surface area contributed by atoms with Crippen LogP contribution in [-0.2, 0) is 0 Å². The van der Waals surface area contributed by atoms with Gasteiger partial charge in [-0.3, -0.25) is 10.1 Å². The van der Waals surface area contributed by atoms with E-state index in [1.807, 2.05) is 31.2 Å². The number of non-ortho nitro benzene ring substituents is 1. The Morgan fingerprint density at radius 3 is 2.79 bits per heavy atom. The second-order valence-electron chi connectivity index (χ2n) is 6.74. The molecule has 0 saturated carbocycles. The Labute approximate surface area is 191 Å². The Morgan fingerprint density at radius 1 is 1.30 bits per heavy atom. The van der Waals surface area contributed by atoms with Gasteiger partial charge in [0, 0.05) is 34.8 Å². The van der Waals surface area contributed by atoms with Gasteiger partial charge in [0.2, 0.25) is 0 Å². The third-order valence-corrected chi connectivity index (χ3v) is 5.48. The number of fused-ring (bicyclic) bond motifs is 1. The van der Waals surface area contributed by atoms with Gasteiger partial charge < -0.3 is 14.5 Å². The number of nitrogens with zero attached hydrogens (tertiary/aromatic N) is 3. The van der Waals surface area contributed by atoms with E-state index in [2.05, 4.69) is 16.4 Å². The largest absolute Gasteiger partial charge is 0.494 e. The summed E-state index contributed by atoms with van der Waals surface area (Å²) in [5.41, 5.74) is 1.02. The molecule has 0 aliphatic carbocycles. The Hall–Kier alpha value is -4.49. The standard InChI is InChI=1S/C23H16N4O5S/c1-2-31-18-6-3-16(4-7-18)25-12-15(11-24)22-26-20(13-33-22)19-10-14-9-17(27(29)30)5-8-21(14)32-23(19)28/h3-10,12-13,25H,2H2,1H3. The van der Waals surface area contributed by atoms with Crippen LogP contribution in [0.3, 0.4) is 0 Å².